The lowest BCUT2D eigenvalue weighted by Crippen LogP contribution is -2.33. The van der Waals surface area contributed by atoms with Gasteiger partial charge in [-0.05, 0) is 29.8 Å². The summed E-state index contributed by atoms with van der Waals surface area (Å²) in [5.41, 5.74) is 0.706. The Kier molecular flexibility index (Phi) is 5.54. The Morgan fingerprint density at radius 3 is 2.61 bits per heavy atom. The zero-order valence-electron chi connectivity index (χ0n) is 12.0. The minimum absolute atomic E-state index is 0.0305. The van der Waals surface area contributed by atoms with Gasteiger partial charge in [0.05, 0.1) is 18.7 Å². The van der Waals surface area contributed by atoms with Crippen LogP contribution in [-0.2, 0) is 16.0 Å². The van der Waals surface area contributed by atoms with E-state index in [1.807, 2.05) is 0 Å². The summed E-state index contributed by atoms with van der Waals surface area (Å²) < 4.78 is 13.0. The number of rotatable bonds is 5. The van der Waals surface area contributed by atoms with Gasteiger partial charge in [0.15, 0.2) is 0 Å². The Balaban J connectivity index is 1.83. The van der Waals surface area contributed by atoms with Crippen molar-refractivity contribution in [1.29, 1.82) is 0 Å². The summed E-state index contributed by atoms with van der Waals surface area (Å²) in [5.74, 6) is -1.51. The first-order chi connectivity index (χ1) is 10.9. The summed E-state index contributed by atoms with van der Waals surface area (Å²) in [4.78, 5) is 23.4. The molecule has 0 aromatic heterocycles. The summed E-state index contributed by atoms with van der Waals surface area (Å²) in [6, 6.07) is 9.92. The lowest BCUT2D eigenvalue weighted by atomic mass is 10.1. The molecular formula is C16H14ClFN2O3. The third kappa shape index (κ3) is 5.27. The maximum atomic E-state index is 13.0. The molecule has 0 atom stereocenters. The first-order valence-corrected chi connectivity index (χ1v) is 7.11. The van der Waals surface area contributed by atoms with Crippen LogP contribution in [0.1, 0.15) is 5.56 Å². The summed E-state index contributed by atoms with van der Waals surface area (Å²) in [6.07, 6.45) is -0.0305. The highest BCUT2D eigenvalue weighted by atomic mass is 35.5. The van der Waals surface area contributed by atoms with Gasteiger partial charge in [-0.25, -0.2) is 4.39 Å². The molecule has 2 aromatic rings. The molecule has 0 saturated carbocycles. The molecule has 120 valence electrons. The number of halogens is 2. The van der Waals surface area contributed by atoms with Crippen molar-refractivity contribution in [3.05, 3.63) is 58.9 Å². The molecule has 0 spiro atoms. The average Bonchev–Trinajstić information content (AvgIpc) is 2.48. The molecule has 0 aliphatic carbocycles. The van der Waals surface area contributed by atoms with Gasteiger partial charge in [-0.15, -0.1) is 0 Å². The van der Waals surface area contributed by atoms with Crippen LogP contribution in [0.25, 0.3) is 0 Å². The van der Waals surface area contributed by atoms with Gasteiger partial charge in [-0.3, -0.25) is 9.59 Å². The molecule has 0 heterocycles. The summed E-state index contributed by atoms with van der Waals surface area (Å²) in [5, 5.41) is 14.8. The van der Waals surface area contributed by atoms with E-state index < -0.39 is 17.6 Å². The van der Waals surface area contributed by atoms with Crippen LogP contribution in [0.4, 0.5) is 10.1 Å². The van der Waals surface area contributed by atoms with Gasteiger partial charge in [-0.1, -0.05) is 23.7 Å². The van der Waals surface area contributed by atoms with Gasteiger partial charge in [0.25, 0.3) is 0 Å². The molecule has 5 nitrogen and oxygen atoms in total. The summed E-state index contributed by atoms with van der Waals surface area (Å²) >= 11 is 5.69. The number of hydrogen-bond donors (Lipinski definition) is 3. The van der Waals surface area contributed by atoms with E-state index in [0.29, 0.717) is 10.6 Å². The van der Waals surface area contributed by atoms with Crippen molar-refractivity contribution in [3.63, 3.8) is 0 Å². The Morgan fingerprint density at radius 1 is 1.13 bits per heavy atom. The van der Waals surface area contributed by atoms with E-state index in [1.165, 1.54) is 36.4 Å². The van der Waals surface area contributed by atoms with Gasteiger partial charge in [0, 0.05) is 11.1 Å². The maximum Gasteiger partial charge on any atom is 0.243 e. The number of aromatic hydroxyl groups is 1. The summed E-state index contributed by atoms with van der Waals surface area (Å²) in [6.45, 7) is -0.268. The van der Waals surface area contributed by atoms with Crippen molar-refractivity contribution >= 4 is 29.1 Å². The van der Waals surface area contributed by atoms with Crippen LogP contribution in [0.2, 0.25) is 5.02 Å². The molecule has 2 rings (SSSR count). The predicted molar refractivity (Wildman–Crippen MR) is 84.9 cm³/mol. The van der Waals surface area contributed by atoms with E-state index in [9.17, 15) is 19.1 Å². The van der Waals surface area contributed by atoms with Crippen molar-refractivity contribution in [1.82, 2.24) is 5.32 Å². The van der Waals surface area contributed by atoms with Gasteiger partial charge in [0.1, 0.15) is 11.6 Å². The molecule has 0 aliphatic rings. The van der Waals surface area contributed by atoms with E-state index in [0.717, 1.165) is 0 Å². The molecule has 2 amide bonds. The Labute approximate surface area is 137 Å². The summed E-state index contributed by atoms with van der Waals surface area (Å²) in [7, 11) is 0. The van der Waals surface area contributed by atoms with Crippen molar-refractivity contribution in [2.75, 3.05) is 11.9 Å². The third-order valence-electron chi connectivity index (χ3n) is 2.93. The molecule has 0 radical (unpaired) electrons. The van der Waals surface area contributed by atoms with Crippen molar-refractivity contribution < 1.29 is 19.1 Å². The molecule has 3 N–H and O–H groups in total. The number of amides is 2. The highest BCUT2D eigenvalue weighted by molar-refractivity contribution is 6.30. The maximum absolute atomic E-state index is 13.0. The van der Waals surface area contributed by atoms with Gasteiger partial charge in [-0.2, -0.15) is 0 Å². The highest BCUT2D eigenvalue weighted by Crippen LogP contribution is 2.26. The number of phenolic OH excluding ortho intramolecular Hbond substituents is 1. The molecule has 23 heavy (non-hydrogen) atoms. The standard InChI is InChI=1S/C16H14ClFN2O3/c17-11-4-5-13(14(21)8-11)20-16(23)9-19-15(22)7-10-2-1-3-12(18)6-10/h1-6,8,21H,7,9H2,(H,19,22)(H,20,23). The highest BCUT2D eigenvalue weighted by Gasteiger charge is 2.09. The number of anilines is 1. The SMILES string of the molecule is O=C(Cc1cccc(F)c1)NCC(=O)Nc1ccc(Cl)cc1O. The minimum atomic E-state index is -0.504. The second-order valence-corrected chi connectivity index (χ2v) is 5.23. The van der Waals surface area contributed by atoms with E-state index in [-0.39, 0.29) is 24.4 Å². The van der Waals surface area contributed by atoms with Crippen LogP contribution in [0.5, 0.6) is 5.75 Å². The van der Waals surface area contributed by atoms with Gasteiger partial charge in [0.2, 0.25) is 11.8 Å². The molecule has 0 aliphatic heterocycles. The van der Waals surface area contributed by atoms with Crippen LogP contribution >= 0.6 is 11.6 Å². The van der Waals surface area contributed by atoms with Crippen LogP contribution < -0.4 is 10.6 Å². The lowest BCUT2D eigenvalue weighted by molar-refractivity contribution is -0.123. The number of phenols is 1. The number of carbonyl (C=O) groups is 2. The largest absolute Gasteiger partial charge is 0.506 e. The molecular weight excluding hydrogens is 323 g/mol. The molecule has 0 bridgehead atoms. The lowest BCUT2D eigenvalue weighted by Gasteiger charge is -2.09. The second-order valence-electron chi connectivity index (χ2n) is 4.79. The van der Waals surface area contributed by atoms with Crippen molar-refractivity contribution in [2.24, 2.45) is 0 Å². The zero-order valence-corrected chi connectivity index (χ0v) is 12.7. The van der Waals surface area contributed by atoms with Crippen molar-refractivity contribution in [2.45, 2.75) is 6.42 Å². The van der Waals surface area contributed by atoms with Gasteiger partial charge < -0.3 is 15.7 Å². The second kappa shape index (κ2) is 7.60. The fraction of sp³-hybridized carbons (Fsp3) is 0.125. The van der Waals surface area contributed by atoms with Crippen LogP contribution in [0, 0.1) is 5.82 Å². The Morgan fingerprint density at radius 2 is 1.91 bits per heavy atom. The van der Waals surface area contributed by atoms with E-state index in [2.05, 4.69) is 10.6 Å². The monoisotopic (exact) mass is 336 g/mol. The van der Waals surface area contributed by atoms with Crippen molar-refractivity contribution in [3.8, 4) is 5.75 Å². The van der Waals surface area contributed by atoms with Gasteiger partial charge >= 0.3 is 0 Å². The van der Waals surface area contributed by atoms with E-state index in [4.69, 9.17) is 11.6 Å². The molecule has 0 unspecified atom stereocenters. The topological polar surface area (TPSA) is 78.4 Å². The fourth-order valence-corrected chi connectivity index (χ4v) is 2.04. The number of hydrogen-bond acceptors (Lipinski definition) is 3. The van der Waals surface area contributed by atoms with E-state index >= 15 is 0 Å². The molecule has 7 heteroatoms. The van der Waals surface area contributed by atoms with Crippen LogP contribution in [0.15, 0.2) is 42.5 Å². The first kappa shape index (κ1) is 16.8. The first-order valence-electron chi connectivity index (χ1n) is 6.73. The van der Waals surface area contributed by atoms with Crippen LogP contribution in [0.3, 0.4) is 0 Å². The molecule has 0 fully saturated rings. The smallest absolute Gasteiger partial charge is 0.243 e. The molecule has 2 aromatic carbocycles. The van der Waals surface area contributed by atoms with Crippen LogP contribution in [-0.4, -0.2) is 23.5 Å². The third-order valence-corrected chi connectivity index (χ3v) is 3.17. The quantitative estimate of drug-likeness (QED) is 0.734. The number of benzene rings is 2. The normalized spacial score (nSPS) is 10.2. The fourth-order valence-electron chi connectivity index (χ4n) is 1.88. The average molecular weight is 337 g/mol. The minimum Gasteiger partial charge on any atom is -0.506 e. The number of nitrogens with one attached hydrogen (secondary N) is 2. The predicted octanol–water partition coefficient (Wildman–Crippen LogP) is 2.48. The Hall–Kier alpha value is -2.60. The zero-order chi connectivity index (χ0) is 16.8. The van der Waals surface area contributed by atoms with E-state index in [1.54, 1.807) is 6.07 Å². The number of carbonyl (C=O) groups excluding carboxylic acids is 2. The molecule has 0 saturated heterocycles. The Bertz CT molecular complexity index is 737.